The molecule has 1 aromatic rings. The van der Waals surface area contributed by atoms with E-state index in [0.717, 1.165) is 31.2 Å². The third kappa shape index (κ3) is 4.39. The van der Waals surface area contributed by atoms with Gasteiger partial charge in [0, 0.05) is 50.3 Å². The first-order valence-electron chi connectivity index (χ1n) is 9.24. The lowest BCUT2D eigenvalue weighted by Gasteiger charge is -2.17. The van der Waals surface area contributed by atoms with Crippen molar-refractivity contribution in [3.05, 3.63) is 30.1 Å². The summed E-state index contributed by atoms with van der Waals surface area (Å²) in [7, 11) is 0. The zero-order valence-corrected chi connectivity index (χ0v) is 14.8. The van der Waals surface area contributed by atoms with Crippen molar-refractivity contribution < 1.29 is 19.5 Å². The first kappa shape index (κ1) is 18.4. The number of rotatable bonds is 6. The Morgan fingerprint density at radius 2 is 1.96 bits per heavy atom. The molecule has 2 aliphatic rings. The van der Waals surface area contributed by atoms with Crippen molar-refractivity contribution >= 4 is 17.8 Å². The molecule has 0 spiro atoms. The summed E-state index contributed by atoms with van der Waals surface area (Å²) in [5.41, 5.74) is 0.828. The fourth-order valence-corrected chi connectivity index (χ4v) is 3.94. The SMILES string of the molecule is O=C(CCC(=O)N1C[C@@H](C(=O)O)[C@H](c2cccnc2)C1)NC1CCCC1. The summed E-state index contributed by atoms with van der Waals surface area (Å²) in [6.45, 7) is 0.531. The van der Waals surface area contributed by atoms with Crippen molar-refractivity contribution in [1.29, 1.82) is 0 Å². The zero-order valence-electron chi connectivity index (χ0n) is 14.8. The van der Waals surface area contributed by atoms with Crippen LogP contribution in [-0.4, -0.2) is 51.9 Å². The van der Waals surface area contributed by atoms with Crippen molar-refractivity contribution in [3.8, 4) is 0 Å². The molecular weight excluding hydrogens is 334 g/mol. The molecule has 7 nitrogen and oxygen atoms in total. The van der Waals surface area contributed by atoms with Crippen LogP contribution in [0.25, 0.3) is 0 Å². The maximum Gasteiger partial charge on any atom is 0.308 e. The van der Waals surface area contributed by atoms with E-state index in [1.54, 1.807) is 23.4 Å². The van der Waals surface area contributed by atoms with E-state index >= 15 is 0 Å². The summed E-state index contributed by atoms with van der Waals surface area (Å²) in [5, 5.41) is 12.5. The quantitative estimate of drug-likeness (QED) is 0.803. The van der Waals surface area contributed by atoms with Gasteiger partial charge in [0.05, 0.1) is 5.92 Å². The van der Waals surface area contributed by atoms with Crippen LogP contribution in [0.3, 0.4) is 0 Å². The second-order valence-electron chi connectivity index (χ2n) is 7.19. The molecule has 0 aromatic carbocycles. The summed E-state index contributed by atoms with van der Waals surface area (Å²) in [6, 6.07) is 3.86. The van der Waals surface area contributed by atoms with Gasteiger partial charge in [-0.25, -0.2) is 0 Å². The summed E-state index contributed by atoms with van der Waals surface area (Å²) < 4.78 is 0. The minimum absolute atomic E-state index is 0.0944. The number of hydrogen-bond donors (Lipinski definition) is 2. The number of carboxylic acid groups (broad SMARTS) is 1. The molecule has 2 atom stereocenters. The molecule has 2 heterocycles. The second kappa shape index (κ2) is 8.29. The van der Waals surface area contributed by atoms with E-state index in [9.17, 15) is 19.5 Å². The Kier molecular flexibility index (Phi) is 5.85. The van der Waals surface area contributed by atoms with Gasteiger partial charge in [0.25, 0.3) is 0 Å². The Hall–Kier alpha value is -2.44. The fourth-order valence-electron chi connectivity index (χ4n) is 3.94. The molecule has 2 N–H and O–H groups in total. The van der Waals surface area contributed by atoms with Crippen LogP contribution in [0.4, 0.5) is 0 Å². The third-order valence-electron chi connectivity index (χ3n) is 5.39. The largest absolute Gasteiger partial charge is 0.481 e. The molecule has 2 amide bonds. The Labute approximate surface area is 152 Å². The number of pyridine rings is 1. The van der Waals surface area contributed by atoms with Gasteiger partial charge in [0.15, 0.2) is 0 Å². The van der Waals surface area contributed by atoms with Crippen LogP contribution >= 0.6 is 0 Å². The highest BCUT2D eigenvalue weighted by atomic mass is 16.4. The molecule has 1 aliphatic heterocycles. The summed E-state index contributed by atoms with van der Waals surface area (Å²) >= 11 is 0. The Morgan fingerprint density at radius 3 is 2.62 bits per heavy atom. The summed E-state index contributed by atoms with van der Waals surface area (Å²) in [6.07, 6.45) is 7.88. The van der Waals surface area contributed by atoms with Gasteiger partial charge in [0.1, 0.15) is 0 Å². The molecule has 140 valence electrons. The maximum atomic E-state index is 12.5. The second-order valence-corrected chi connectivity index (χ2v) is 7.19. The zero-order chi connectivity index (χ0) is 18.5. The minimum Gasteiger partial charge on any atom is -0.481 e. The lowest BCUT2D eigenvalue weighted by molar-refractivity contribution is -0.142. The number of nitrogens with zero attached hydrogens (tertiary/aromatic N) is 2. The van der Waals surface area contributed by atoms with Crippen molar-refractivity contribution in [2.24, 2.45) is 5.92 Å². The van der Waals surface area contributed by atoms with E-state index in [-0.39, 0.29) is 43.2 Å². The molecule has 1 saturated carbocycles. The van der Waals surface area contributed by atoms with Crippen LogP contribution in [0.1, 0.15) is 50.0 Å². The van der Waals surface area contributed by atoms with E-state index < -0.39 is 11.9 Å². The Morgan fingerprint density at radius 1 is 1.19 bits per heavy atom. The van der Waals surface area contributed by atoms with Crippen LogP contribution in [0, 0.1) is 5.92 Å². The van der Waals surface area contributed by atoms with Gasteiger partial charge in [-0.3, -0.25) is 19.4 Å². The van der Waals surface area contributed by atoms with E-state index in [0.29, 0.717) is 6.54 Å². The van der Waals surface area contributed by atoms with Gasteiger partial charge >= 0.3 is 5.97 Å². The average molecular weight is 359 g/mol. The molecule has 3 rings (SSSR count). The Balaban J connectivity index is 1.54. The molecule has 0 bridgehead atoms. The maximum absolute atomic E-state index is 12.5. The fraction of sp³-hybridized carbons (Fsp3) is 0.579. The van der Waals surface area contributed by atoms with Gasteiger partial charge < -0.3 is 15.3 Å². The van der Waals surface area contributed by atoms with E-state index in [2.05, 4.69) is 10.3 Å². The van der Waals surface area contributed by atoms with Crippen LogP contribution in [-0.2, 0) is 14.4 Å². The van der Waals surface area contributed by atoms with Crippen molar-refractivity contribution in [2.75, 3.05) is 13.1 Å². The van der Waals surface area contributed by atoms with Gasteiger partial charge in [0.2, 0.25) is 11.8 Å². The summed E-state index contributed by atoms with van der Waals surface area (Å²) in [4.78, 5) is 41.7. The number of aliphatic carboxylic acids is 1. The van der Waals surface area contributed by atoms with Gasteiger partial charge in [-0.2, -0.15) is 0 Å². The van der Waals surface area contributed by atoms with Crippen LogP contribution < -0.4 is 5.32 Å². The van der Waals surface area contributed by atoms with Crippen molar-refractivity contribution in [1.82, 2.24) is 15.2 Å². The number of carboxylic acids is 1. The van der Waals surface area contributed by atoms with Crippen molar-refractivity contribution in [3.63, 3.8) is 0 Å². The predicted octanol–water partition coefficient (Wildman–Crippen LogP) is 1.55. The van der Waals surface area contributed by atoms with E-state index in [1.807, 2.05) is 6.07 Å². The lowest BCUT2D eigenvalue weighted by Crippen LogP contribution is -2.34. The third-order valence-corrected chi connectivity index (χ3v) is 5.39. The highest BCUT2D eigenvalue weighted by Gasteiger charge is 2.40. The normalized spacial score (nSPS) is 23.2. The standard InChI is InChI=1S/C19H25N3O4/c23-17(21-14-5-1-2-6-14)7-8-18(24)22-11-15(16(12-22)19(25)26)13-4-3-9-20-10-13/h3-4,9-10,14-16H,1-2,5-8,11-12H2,(H,21,23)(H,25,26)/t15-,16+/m0/s1. The number of likely N-dealkylation sites (tertiary alicyclic amines) is 1. The number of nitrogens with one attached hydrogen (secondary N) is 1. The van der Waals surface area contributed by atoms with E-state index in [4.69, 9.17) is 0 Å². The minimum atomic E-state index is -0.909. The molecule has 0 unspecified atom stereocenters. The number of amides is 2. The van der Waals surface area contributed by atoms with Crippen molar-refractivity contribution in [2.45, 2.75) is 50.5 Å². The van der Waals surface area contributed by atoms with Gasteiger partial charge in [-0.15, -0.1) is 0 Å². The first-order chi connectivity index (χ1) is 12.5. The number of hydrogen-bond acceptors (Lipinski definition) is 4. The molecule has 7 heteroatoms. The first-order valence-corrected chi connectivity index (χ1v) is 9.24. The molecule has 0 radical (unpaired) electrons. The monoisotopic (exact) mass is 359 g/mol. The number of carbonyl (C=O) groups is 3. The average Bonchev–Trinajstić information content (AvgIpc) is 3.30. The molecule has 1 aliphatic carbocycles. The summed E-state index contributed by atoms with van der Waals surface area (Å²) in [5.74, 6) is -2.08. The molecule has 1 saturated heterocycles. The molecular formula is C19H25N3O4. The number of aromatic nitrogens is 1. The highest BCUT2D eigenvalue weighted by molar-refractivity contribution is 5.85. The molecule has 26 heavy (non-hydrogen) atoms. The van der Waals surface area contributed by atoms with Crippen LogP contribution in [0.5, 0.6) is 0 Å². The number of carbonyl (C=O) groups excluding carboxylic acids is 2. The van der Waals surface area contributed by atoms with Gasteiger partial charge in [-0.05, 0) is 24.5 Å². The topological polar surface area (TPSA) is 99.6 Å². The highest BCUT2D eigenvalue weighted by Crippen LogP contribution is 2.33. The predicted molar refractivity (Wildman–Crippen MR) is 94.3 cm³/mol. The van der Waals surface area contributed by atoms with E-state index in [1.165, 1.54) is 0 Å². The van der Waals surface area contributed by atoms with Crippen LogP contribution in [0.2, 0.25) is 0 Å². The van der Waals surface area contributed by atoms with Crippen LogP contribution in [0.15, 0.2) is 24.5 Å². The molecule has 2 fully saturated rings. The smallest absolute Gasteiger partial charge is 0.308 e. The molecule has 1 aromatic heterocycles. The Bertz CT molecular complexity index is 658. The lowest BCUT2D eigenvalue weighted by atomic mass is 9.90. The van der Waals surface area contributed by atoms with Gasteiger partial charge in [-0.1, -0.05) is 18.9 Å².